The van der Waals surface area contributed by atoms with E-state index in [1.165, 1.54) is 5.56 Å². The summed E-state index contributed by atoms with van der Waals surface area (Å²) in [6.45, 7) is 6.60. The molecule has 2 aromatic carbocycles. The van der Waals surface area contributed by atoms with Crippen LogP contribution in [0.1, 0.15) is 26.3 Å². The SMILES string of the molecule is CC(C)(C)c1ccc(N=Nc2ccc(Br)cc2)cc1. The molecule has 0 unspecified atom stereocenters. The van der Waals surface area contributed by atoms with E-state index in [4.69, 9.17) is 0 Å². The van der Waals surface area contributed by atoms with E-state index < -0.39 is 0 Å². The molecule has 3 heteroatoms. The van der Waals surface area contributed by atoms with Crippen molar-refractivity contribution in [2.45, 2.75) is 26.2 Å². The third-order valence-electron chi connectivity index (χ3n) is 2.84. The van der Waals surface area contributed by atoms with Gasteiger partial charge in [0.1, 0.15) is 0 Å². The highest BCUT2D eigenvalue weighted by Gasteiger charge is 2.12. The van der Waals surface area contributed by atoms with Crippen molar-refractivity contribution >= 4 is 27.3 Å². The number of hydrogen-bond donors (Lipinski definition) is 0. The molecular formula is C16H17BrN2. The van der Waals surface area contributed by atoms with Crippen molar-refractivity contribution in [3.8, 4) is 0 Å². The number of azo groups is 1. The van der Waals surface area contributed by atoms with Gasteiger partial charge < -0.3 is 0 Å². The molecule has 0 N–H and O–H groups in total. The molecule has 0 saturated carbocycles. The second-order valence-corrected chi connectivity index (χ2v) is 6.39. The first-order chi connectivity index (χ1) is 8.95. The van der Waals surface area contributed by atoms with Crippen molar-refractivity contribution in [1.29, 1.82) is 0 Å². The molecule has 0 aromatic heterocycles. The minimum absolute atomic E-state index is 0.168. The van der Waals surface area contributed by atoms with Gasteiger partial charge in [0.05, 0.1) is 11.4 Å². The summed E-state index contributed by atoms with van der Waals surface area (Å²) in [6.07, 6.45) is 0. The lowest BCUT2D eigenvalue weighted by Gasteiger charge is -2.18. The lowest BCUT2D eigenvalue weighted by Crippen LogP contribution is -2.10. The first-order valence-corrected chi connectivity index (χ1v) is 7.02. The zero-order valence-electron chi connectivity index (χ0n) is 11.4. The monoisotopic (exact) mass is 316 g/mol. The lowest BCUT2D eigenvalue weighted by molar-refractivity contribution is 0.590. The van der Waals surface area contributed by atoms with Crippen LogP contribution in [0.4, 0.5) is 11.4 Å². The molecule has 2 aromatic rings. The van der Waals surface area contributed by atoms with Crippen LogP contribution >= 0.6 is 15.9 Å². The van der Waals surface area contributed by atoms with Crippen molar-refractivity contribution in [2.24, 2.45) is 10.2 Å². The number of halogens is 1. The van der Waals surface area contributed by atoms with Crippen LogP contribution in [0.15, 0.2) is 63.2 Å². The quantitative estimate of drug-likeness (QED) is 0.592. The Kier molecular flexibility index (Phi) is 4.15. The van der Waals surface area contributed by atoms with Crippen molar-refractivity contribution in [1.82, 2.24) is 0 Å². The zero-order valence-corrected chi connectivity index (χ0v) is 13.0. The summed E-state index contributed by atoms with van der Waals surface area (Å²) in [4.78, 5) is 0. The summed E-state index contributed by atoms with van der Waals surface area (Å²) in [5.74, 6) is 0. The highest BCUT2D eigenvalue weighted by Crippen LogP contribution is 2.25. The Morgan fingerprint density at radius 1 is 0.737 bits per heavy atom. The first-order valence-electron chi connectivity index (χ1n) is 6.23. The lowest BCUT2D eigenvalue weighted by atomic mass is 9.87. The molecule has 0 amide bonds. The van der Waals surface area contributed by atoms with Crippen molar-refractivity contribution in [3.63, 3.8) is 0 Å². The van der Waals surface area contributed by atoms with Crippen LogP contribution in [-0.4, -0.2) is 0 Å². The molecule has 2 rings (SSSR count). The van der Waals surface area contributed by atoms with E-state index in [0.717, 1.165) is 15.8 Å². The fourth-order valence-corrected chi connectivity index (χ4v) is 1.92. The predicted octanol–water partition coefficient (Wildman–Crippen LogP) is 6.16. The Morgan fingerprint density at radius 3 is 1.58 bits per heavy atom. The van der Waals surface area contributed by atoms with Crippen molar-refractivity contribution in [3.05, 3.63) is 58.6 Å². The van der Waals surface area contributed by atoms with Gasteiger partial charge in [0, 0.05) is 4.47 Å². The molecule has 0 saturated heterocycles. The van der Waals surface area contributed by atoms with E-state index in [9.17, 15) is 0 Å². The second-order valence-electron chi connectivity index (χ2n) is 5.47. The topological polar surface area (TPSA) is 24.7 Å². The van der Waals surface area contributed by atoms with Gasteiger partial charge in [-0.05, 0) is 47.4 Å². The van der Waals surface area contributed by atoms with Crippen LogP contribution < -0.4 is 0 Å². The Bertz CT molecular complexity index is 563. The third kappa shape index (κ3) is 4.00. The summed E-state index contributed by atoms with van der Waals surface area (Å²) in [7, 11) is 0. The highest BCUT2D eigenvalue weighted by atomic mass is 79.9. The fourth-order valence-electron chi connectivity index (χ4n) is 1.65. The van der Waals surface area contributed by atoms with Gasteiger partial charge in [0.15, 0.2) is 0 Å². The van der Waals surface area contributed by atoms with Crippen LogP contribution in [0, 0.1) is 0 Å². The molecule has 0 spiro atoms. The molecular weight excluding hydrogens is 300 g/mol. The molecule has 0 aliphatic heterocycles. The highest BCUT2D eigenvalue weighted by molar-refractivity contribution is 9.10. The standard InChI is InChI=1S/C16H17BrN2/c1-16(2,3)12-4-8-14(9-5-12)18-19-15-10-6-13(17)7-11-15/h4-11H,1-3H3. The maximum absolute atomic E-state index is 4.24. The van der Waals surface area contributed by atoms with Gasteiger partial charge in [-0.1, -0.05) is 48.8 Å². The van der Waals surface area contributed by atoms with Crippen LogP contribution in [0.3, 0.4) is 0 Å². The van der Waals surface area contributed by atoms with Crippen LogP contribution in [0.25, 0.3) is 0 Å². The van der Waals surface area contributed by atoms with Crippen LogP contribution in [0.5, 0.6) is 0 Å². The number of rotatable bonds is 2. The third-order valence-corrected chi connectivity index (χ3v) is 3.37. The van der Waals surface area contributed by atoms with Gasteiger partial charge in [-0.25, -0.2) is 0 Å². The van der Waals surface area contributed by atoms with Gasteiger partial charge in [-0.15, -0.1) is 0 Å². The Hall–Kier alpha value is -1.48. The molecule has 0 heterocycles. The van der Waals surface area contributed by atoms with Gasteiger partial charge in [-0.3, -0.25) is 0 Å². The summed E-state index contributed by atoms with van der Waals surface area (Å²) in [5, 5.41) is 8.45. The van der Waals surface area contributed by atoms with Crippen LogP contribution in [-0.2, 0) is 5.41 Å². The molecule has 0 bridgehead atoms. The summed E-state index contributed by atoms with van der Waals surface area (Å²) < 4.78 is 1.04. The normalized spacial score (nSPS) is 12.0. The van der Waals surface area contributed by atoms with E-state index in [1.807, 2.05) is 36.4 Å². The molecule has 0 aliphatic rings. The number of benzene rings is 2. The maximum atomic E-state index is 4.24. The molecule has 2 nitrogen and oxygen atoms in total. The van der Waals surface area contributed by atoms with E-state index >= 15 is 0 Å². The minimum Gasteiger partial charge on any atom is -0.151 e. The van der Waals surface area contributed by atoms with E-state index in [2.05, 4.69) is 59.1 Å². The van der Waals surface area contributed by atoms with Gasteiger partial charge in [0.25, 0.3) is 0 Å². The Balaban J connectivity index is 2.13. The predicted molar refractivity (Wildman–Crippen MR) is 83.5 cm³/mol. The average Bonchev–Trinajstić information content (AvgIpc) is 2.37. The first kappa shape index (κ1) is 13.9. The average molecular weight is 317 g/mol. The molecule has 98 valence electrons. The Labute approximate surface area is 122 Å². The van der Waals surface area contributed by atoms with Crippen molar-refractivity contribution < 1.29 is 0 Å². The summed E-state index contributed by atoms with van der Waals surface area (Å²) in [6, 6.07) is 16.0. The maximum Gasteiger partial charge on any atom is 0.0857 e. The van der Waals surface area contributed by atoms with Crippen molar-refractivity contribution in [2.75, 3.05) is 0 Å². The molecule has 19 heavy (non-hydrogen) atoms. The van der Waals surface area contributed by atoms with E-state index in [1.54, 1.807) is 0 Å². The molecule has 0 atom stereocenters. The minimum atomic E-state index is 0.168. The van der Waals surface area contributed by atoms with Gasteiger partial charge >= 0.3 is 0 Å². The molecule has 0 aliphatic carbocycles. The second kappa shape index (κ2) is 5.66. The Morgan fingerprint density at radius 2 is 1.16 bits per heavy atom. The number of nitrogens with zero attached hydrogens (tertiary/aromatic N) is 2. The smallest absolute Gasteiger partial charge is 0.0857 e. The van der Waals surface area contributed by atoms with E-state index in [0.29, 0.717) is 0 Å². The molecule has 0 fully saturated rings. The summed E-state index contributed by atoms with van der Waals surface area (Å²) in [5.41, 5.74) is 3.19. The van der Waals surface area contributed by atoms with E-state index in [-0.39, 0.29) is 5.41 Å². The van der Waals surface area contributed by atoms with Crippen LogP contribution in [0.2, 0.25) is 0 Å². The van der Waals surface area contributed by atoms with Gasteiger partial charge in [-0.2, -0.15) is 10.2 Å². The largest absolute Gasteiger partial charge is 0.151 e. The fraction of sp³-hybridized carbons (Fsp3) is 0.250. The number of hydrogen-bond acceptors (Lipinski definition) is 2. The molecule has 0 radical (unpaired) electrons. The van der Waals surface area contributed by atoms with Gasteiger partial charge in [0.2, 0.25) is 0 Å². The zero-order chi connectivity index (χ0) is 13.9. The summed E-state index contributed by atoms with van der Waals surface area (Å²) >= 11 is 3.40.